The molecule has 2 rings (SSSR count). The topological polar surface area (TPSA) is 60.1 Å². The number of fused-ring (bicyclic) bond motifs is 1. The molecule has 2 unspecified atom stereocenters. The van der Waals surface area contributed by atoms with Crippen molar-refractivity contribution in [2.75, 3.05) is 39.3 Å². The Hall–Kier alpha value is -0.200. The summed E-state index contributed by atoms with van der Waals surface area (Å²) in [7, 11) is 0. The zero-order valence-electron chi connectivity index (χ0n) is 13.9. The summed E-state index contributed by atoms with van der Waals surface area (Å²) in [6, 6.07) is 2.35. The van der Waals surface area contributed by atoms with E-state index in [9.17, 15) is 0 Å². The van der Waals surface area contributed by atoms with Gasteiger partial charge in [-0.15, -0.1) is 0 Å². The Morgan fingerprint density at radius 1 is 0.619 bits per heavy atom. The van der Waals surface area contributed by atoms with Gasteiger partial charge in [0.25, 0.3) is 0 Å². The summed E-state index contributed by atoms with van der Waals surface area (Å²) in [4.78, 5) is 0. The van der Waals surface area contributed by atoms with Crippen molar-refractivity contribution in [1.82, 2.24) is 26.6 Å². The van der Waals surface area contributed by atoms with E-state index >= 15 is 0 Å². The third-order valence-corrected chi connectivity index (χ3v) is 4.73. The van der Waals surface area contributed by atoms with E-state index in [2.05, 4.69) is 40.4 Å². The van der Waals surface area contributed by atoms with E-state index in [1.165, 1.54) is 25.7 Å². The first-order chi connectivity index (χ1) is 10.3. The SMILES string of the molecule is C[C@H]1CNC2CCCCC2NC[C@H](C)NCCNCCN1. The van der Waals surface area contributed by atoms with Gasteiger partial charge in [-0.25, -0.2) is 0 Å². The zero-order chi connectivity index (χ0) is 14.9. The average molecular weight is 297 g/mol. The van der Waals surface area contributed by atoms with Gasteiger partial charge < -0.3 is 26.6 Å². The van der Waals surface area contributed by atoms with Crippen molar-refractivity contribution in [3.05, 3.63) is 0 Å². The minimum atomic E-state index is 0.538. The molecule has 1 saturated carbocycles. The Balaban J connectivity index is 1.85. The van der Waals surface area contributed by atoms with Gasteiger partial charge in [-0.05, 0) is 26.7 Å². The number of rotatable bonds is 0. The van der Waals surface area contributed by atoms with Crippen LogP contribution in [0.1, 0.15) is 39.5 Å². The molecule has 5 heteroatoms. The van der Waals surface area contributed by atoms with Gasteiger partial charge in [0.05, 0.1) is 0 Å². The molecule has 0 amide bonds. The quantitative estimate of drug-likeness (QED) is 0.437. The summed E-state index contributed by atoms with van der Waals surface area (Å²) < 4.78 is 0. The summed E-state index contributed by atoms with van der Waals surface area (Å²) in [5.74, 6) is 0. The molecule has 5 N–H and O–H groups in total. The molecule has 1 heterocycles. The molecule has 2 fully saturated rings. The van der Waals surface area contributed by atoms with Crippen molar-refractivity contribution in [1.29, 1.82) is 0 Å². The second-order valence-electron chi connectivity index (χ2n) is 6.77. The molecular weight excluding hydrogens is 262 g/mol. The van der Waals surface area contributed by atoms with Crippen LogP contribution in [0.2, 0.25) is 0 Å². The Labute approximate surface area is 130 Å². The molecule has 0 aromatic rings. The van der Waals surface area contributed by atoms with Gasteiger partial charge in [-0.1, -0.05) is 12.8 Å². The minimum absolute atomic E-state index is 0.538. The Kier molecular flexibility index (Phi) is 7.96. The van der Waals surface area contributed by atoms with Crippen LogP contribution in [0.15, 0.2) is 0 Å². The molecule has 1 saturated heterocycles. The molecule has 0 aromatic carbocycles. The lowest BCUT2D eigenvalue weighted by Gasteiger charge is -2.34. The molecule has 0 aromatic heterocycles. The fourth-order valence-electron chi connectivity index (χ4n) is 3.36. The minimum Gasteiger partial charge on any atom is -0.314 e. The molecule has 0 radical (unpaired) electrons. The van der Waals surface area contributed by atoms with Gasteiger partial charge >= 0.3 is 0 Å². The van der Waals surface area contributed by atoms with E-state index in [0.717, 1.165) is 39.3 Å². The predicted molar refractivity (Wildman–Crippen MR) is 89.8 cm³/mol. The van der Waals surface area contributed by atoms with E-state index in [-0.39, 0.29) is 0 Å². The molecule has 124 valence electrons. The fourth-order valence-corrected chi connectivity index (χ4v) is 3.36. The first-order valence-corrected chi connectivity index (χ1v) is 8.90. The van der Waals surface area contributed by atoms with Crippen molar-refractivity contribution < 1.29 is 0 Å². The Bertz CT molecular complexity index is 247. The van der Waals surface area contributed by atoms with E-state index in [1.54, 1.807) is 0 Å². The molecule has 1 aliphatic heterocycles. The lowest BCUT2D eigenvalue weighted by Crippen LogP contribution is -2.54. The third kappa shape index (κ3) is 6.61. The summed E-state index contributed by atoms with van der Waals surface area (Å²) in [6.45, 7) is 10.9. The first kappa shape index (κ1) is 17.2. The largest absolute Gasteiger partial charge is 0.314 e. The van der Waals surface area contributed by atoms with Crippen LogP contribution >= 0.6 is 0 Å². The summed E-state index contributed by atoms with van der Waals surface area (Å²) in [5, 5.41) is 18.2. The van der Waals surface area contributed by atoms with Gasteiger partial charge in [0.15, 0.2) is 0 Å². The molecule has 0 spiro atoms. The maximum Gasteiger partial charge on any atom is 0.0221 e. The standard InChI is InChI=1S/C16H35N5/c1-13-11-20-15-5-3-4-6-16(15)21-12-14(2)19-10-8-17-7-9-18-13/h13-21H,3-12H2,1-2H3/t13-,14-,15?,16?/m0/s1. The van der Waals surface area contributed by atoms with E-state index < -0.39 is 0 Å². The lowest BCUT2D eigenvalue weighted by molar-refractivity contribution is 0.272. The smallest absolute Gasteiger partial charge is 0.0221 e. The zero-order valence-corrected chi connectivity index (χ0v) is 13.9. The molecule has 5 nitrogen and oxygen atoms in total. The number of hydrogen-bond acceptors (Lipinski definition) is 5. The van der Waals surface area contributed by atoms with Gasteiger partial charge in [0.1, 0.15) is 0 Å². The highest BCUT2D eigenvalue weighted by Crippen LogP contribution is 2.18. The molecule has 4 atom stereocenters. The highest BCUT2D eigenvalue weighted by Gasteiger charge is 2.24. The van der Waals surface area contributed by atoms with Crippen LogP contribution in [0.4, 0.5) is 0 Å². The number of hydrogen-bond donors (Lipinski definition) is 5. The summed E-state index contributed by atoms with van der Waals surface area (Å²) >= 11 is 0. The number of nitrogens with one attached hydrogen (secondary N) is 5. The monoisotopic (exact) mass is 297 g/mol. The molecule has 21 heavy (non-hydrogen) atoms. The van der Waals surface area contributed by atoms with Crippen molar-refractivity contribution in [3.8, 4) is 0 Å². The van der Waals surface area contributed by atoms with E-state index in [0.29, 0.717) is 24.2 Å². The summed E-state index contributed by atoms with van der Waals surface area (Å²) in [5.41, 5.74) is 0. The van der Waals surface area contributed by atoms with Gasteiger partial charge in [-0.2, -0.15) is 0 Å². The predicted octanol–water partition coefficient (Wildman–Crippen LogP) is 0.0362. The Morgan fingerprint density at radius 3 is 1.57 bits per heavy atom. The van der Waals surface area contributed by atoms with Crippen LogP contribution in [0, 0.1) is 0 Å². The normalized spacial score (nSPS) is 38.0. The van der Waals surface area contributed by atoms with E-state index in [1.807, 2.05) is 0 Å². The van der Waals surface area contributed by atoms with E-state index in [4.69, 9.17) is 0 Å². The van der Waals surface area contributed by atoms with Gasteiger partial charge in [0.2, 0.25) is 0 Å². The van der Waals surface area contributed by atoms with Crippen molar-refractivity contribution in [2.45, 2.75) is 63.7 Å². The van der Waals surface area contributed by atoms with Crippen LogP contribution in [-0.4, -0.2) is 63.4 Å². The van der Waals surface area contributed by atoms with Gasteiger partial charge in [-0.3, -0.25) is 0 Å². The highest BCUT2D eigenvalue weighted by atomic mass is 15.1. The lowest BCUT2D eigenvalue weighted by atomic mass is 9.90. The first-order valence-electron chi connectivity index (χ1n) is 8.90. The molecule has 1 aliphatic carbocycles. The van der Waals surface area contributed by atoms with Crippen LogP contribution < -0.4 is 26.6 Å². The molecular formula is C16H35N5. The Morgan fingerprint density at radius 2 is 1.10 bits per heavy atom. The second-order valence-corrected chi connectivity index (χ2v) is 6.77. The molecule has 0 bridgehead atoms. The fraction of sp³-hybridized carbons (Fsp3) is 1.00. The summed E-state index contributed by atoms with van der Waals surface area (Å²) in [6.07, 6.45) is 5.37. The average Bonchev–Trinajstić information content (AvgIpc) is 2.50. The van der Waals surface area contributed by atoms with Crippen LogP contribution in [0.25, 0.3) is 0 Å². The van der Waals surface area contributed by atoms with Crippen molar-refractivity contribution in [2.24, 2.45) is 0 Å². The maximum absolute atomic E-state index is 3.79. The van der Waals surface area contributed by atoms with Crippen molar-refractivity contribution >= 4 is 0 Å². The highest BCUT2D eigenvalue weighted by molar-refractivity contribution is 4.88. The van der Waals surface area contributed by atoms with Crippen LogP contribution in [0.3, 0.4) is 0 Å². The van der Waals surface area contributed by atoms with Crippen LogP contribution in [0.5, 0.6) is 0 Å². The molecule has 2 aliphatic rings. The van der Waals surface area contributed by atoms with Crippen LogP contribution in [-0.2, 0) is 0 Å². The maximum atomic E-state index is 3.79. The van der Waals surface area contributed by atoms with Gasteiger partial charge in [0, 0.05) is 63.4 Å². The van der Waals surface area contributed by atoms with Crippen molar-refractivity contribution in [3.63, 3.8) is 0 Å². The second kappa shape index (κ2) is 9.74. The third-order valence-electron chi connectivity index (χ3n) is 4.73.